The zero-order valence-electron chi connectivity index (χ0n) is 19.7. The average Bonchev–Trinajstić information content (AvgIpc) is 3.31. The lowest BCUT2D eigenvalue weighted by atomic mass is 10.0. The highest BCUT2D eigenvalue weighted by atomic mass is 35.5. The third-order valence-electron chi connectivity index (χ3n) is 5.55. The van der Waals surface area contributed by atoms with Crippen molar-refractivity contribution in [2.75, 3.05) is 13.6 Å². The van der Waals surface area contributed by atoms with Crippen LogP contribution in [0.3, 0.4) is 0 Å². The van der Waals surface area contributed by atoms with E-state index in [0.717, 1.165) is 23.1 Å². The summed E-state index contributed by atoms with van der Waals surface area (Å²) in [6.45, 7) is 4.09. The van der Waals surface area contributed by atoms with Gasteiger partial charge in [-0.15, -0.1) is 0 Å². The van der Waals surface area contributed by atoms with E-state index in [-0.39, 0.29) is 28.1 Å². The van der Waals surface area contributed by atoms with Crippen molar-refractivity contribution in [2.24, 2.45) is 5.92 Å². The number of carbonyl (C=O) groups is 2. The predicted octanol–water partition coefficient (Wildman–Crippen LogP) is 4.75. The number of nitrogens with one attached hydrogen (secondary N) is 1. The molecule has 10 heteroatoms. The van der Waals surface area contributed by atoms with E-state index in [1.165, 1.54) is 12.1 Å². The van der Waals surface area contributed by atoms with Gasteiger partial charge in [-0.05, 0) is 24.5 Å². The van der Waals surface area contributed by atoms with E-state index < -0.39 is 16.9 Å². The summed E-state index contributed by atoms with van der Waals surface area (Å²) in [5.74, 6) is -0.304. The molecule has 1 aromatic heterocycles. The first-order chi connectivity index (χ1) is 16.7. The molecule has 35 heavy (non-hydrogen) atoms. The van der Waals surface area contributed by atoms with Crippen molar-refractivity contribution < 1.29 is 19.0 Å². The number of aromatic nitrogens is 1. The molecule has 0 spiro atoms. The SMILES string of the molecule is CC(C)C(NC(=O)c1ccc(Cl)c([N+](=O)[O-])c1)C(=O)N(C)CCCc1cc(-c2ccccc2)no1. The summed E-state index contributed by atoms with van der Waals surface area (Å²) < 4.78 is 5.42. The van der Waals surface area contributed by atoms with Gasteiger partial charge in [0.2, 0.25) is 5.91 Å². The number of nitro groups is 1. The topological polar surface area (TPSA) is 119 Å². The Kier molecular flexibility index (Phi) is 8.59. The molecule has 2 amide bonds. The first-order valence-electron chi connectivity index (χ1n) is 11.2. The van der Waals surface area contributed by atoms with Crippen molar-refractivity contribution in [1.82, 2.24) is 15.4 Å². The fraction of sp³-hybridized carbons (Fsp3) is 0.320. The maximum absolute atomic E-state index is 13.1. The maximum atomic E-state index is 13.1. The van der Waals surface area contributed by atoms with Crippen molar-refractivity contribution in [1.29, 1.82) is 0 Å². The van der Waals surface area contributed by atoms with Crippen LogP contribution in [0.4, 0.5) is 5.69 Å². The van der Waals surface area contributed by atoms with Gasteiger partial charge in [-0.25, -0.2) is 0 Å². The van der Waals surface area contributed by atoms with Crippen LogP contribution < -0.4 is 5.32 Å². The van der Waals surface area contributed by atoms with Gasteiger partial charge in [-0.2, -0.15) is 0 Å². The van der Waals surface area contributed by atoms with E-state index in [1.807, 2.05) is 50.2 Å². The minimum atomic E-state index is -0.794. The van der Waals surface area contributed by atoms with E-state index in [4.69, 9.17) is 16.1 Å². The summed E-state index contributed by atoms with van der Waals surface area (Å²) >= 11 is 5.82. The summed E-state index contributed by atoms with van der Waals surface area (Å²) in [6.07, 6.45) is 1.25. The number of hydrogen-bond donors (Lipinski definition) is 1. The van der Waals surface area contributed by atoms with Gasteiger partial charge in [-0.1, -0.05) is 60.9 Å². The number of hydrogen-bond acceptors (Lipinski definition) is 6. The molecule has 0 bridgehead atoms. The summed E-state index contributed by atoms with van der Waals surface area (Å²) in [4.78, 5) is 37.8. The van der Waals surface area contributed by atoms with Gasteiger partial charge in [-0.3, -0.25) is 19.7 Å². The third-order valence-corrected chi connectivity index (χ3v) is 5.87. The molecular weight excluding hydrogens is 472 g/mol. The summed E-state index contributed by atoms with van der Waals surface area (Å²) in [5, 5.41) is 17.9. The van der Waals surface area contributed by atoms with Crippen LogP contribution in [0.1, 0.15) is 36.4 Å². The molecule has 0 saturated carbocycles. The highest BCUT2D eigenvalue weighted by Gasteiger charge is 2.28. The number of likely N-dealkylation sites (N-methyl/N-ethyl adjacent to an activating group) is 1. The minimum absolute atomic E-state index is 0.0572. The largest absolute Gasteiger partial charge is 0.361 e. The van der Waals surface area contributed by atoms with Crippen molar-refractivity contribution in [2.45, 2.75) is 32.7 Å². The van der Waals surface area contributed by atoms with Gasteiger partial charge in [0, 0.05) is 43.3 Å². The summed E-state index contributed by atoms with van der Waals surface area (Å²) in [6, 6.07) is 14.6. The van der Waals surface area contributed by atoms with E-state index in [1.54, 1.807) is 11.9 Å². The third kappa shape index (κ3) is 6.66. The standard InChI is InChI=1S/C25H27ClN4O5/c1-16(2)23(27-24(31)18-11-12-20(26)22(14-18)30(33)34)25(32)29(3)13-7-10-19-15-21(28-35-19)17-8-5-4-6-9-17/h4-6,8-9,11-12,14-16,23H,7,10,13H2,1-3H3,(H,27,31). The Balaban J connectivity index is 1.58. The maximum Gasteiger partial charge on any atom is 0.288 e. The van der Waals surface area contributed by atoms with Crippen LogP contribution in [0.2, 0.25) is 5.02 Å². The number of nitro benzene ring substituents is 1. The molecule has 2 aromatic carbocycles. The first kappa shape index (κ1) is 25.9. The number of rotatable bonds is 10. The summed E-state index contributed by atoms with van der Waals surface area (Å²) in [7, 11) is 1.67. The highest BCUT2D eigenvalue weighted by Crippen LogP contribution is 2.25. The second-order valence-corrected chi connectivity index (χ2v) is 8.93. The molecule has 184 valence electrons. The van der Waals surface area contributed by atoms with Crippen LogP contribution in [-0.2, 0) is 11.2 Å². The Morgan fingerprint density at radius 2 is 1.89 bits per heavy atom. The molecule has 0 aliphatic rings. The number of amides is 2. The van der Waals surface area contributed by atoms with Gasteiger partial charge >= 0.3 is 0 Å². The van der Waals surface area contributed by atoms with Gasteiger partial charge in [0.1, 0.15) is 22.5 Å². The molecule has 3 aromatic rings. The zero-order valence-corrected chi connectivity index (χ0v) is 20.5. The molecule has 0 aliphatic carbocycles. The van der Waals surface area contributed by atoms with Crippen LogP contribution in [0.5, 0.6) is 0 Å². The predicted molar refractivity (Wildman–Crippen MR) is 132 cm³/mol. The number of nitrogens with zero attached hydrogens (tertiary/aromatic N) is 3. The van der Waals surface area contributed by atoms with Crippen LogP contribution in [0, 0.1) is 16.0 Å². The van der Waals surface area contributed by atoms with Crippen molar-refractivity contribution in [3.8, 4) is 11.3 Å². The Hall–Kier alpha value is -3.72. The molecule has 9 nitrogen and oxygen atoms in total. The second kappa shape index (κ2) is 11.6. The highest BCUT2D eigenvalue weighted by molar-refractivity contribution is 6.32. The molecule has 0 saturated heterocycles. The average molecular weight is 499 g/mol. The lowest BCUT2D eigenvalue weighted by Gasteiger charge is -2.27. The van der Waals surface area contributed by atoms with Gasteiger partial charge in [0.15, 0.2) is 0 Å². The lowest BCUT2D eigenvalue weighted by Crippen LogP contribution is -2.50. The van der Waals surface area contributed by atoms with Crippen molar-refractivity contribution in [3.63, 3.8) is 0 Å². The molecule has 0 aliphatic heterocycles. The Labute approximate surface area is 208 Å². The minimum Gasteiger partial charge on any atom is -0.361 e. The number of aryl methyl sites for hydroxylation is 1. The van der Waals surface area contributed by atoms with Crippen LogP contribution >= 0.6 is 11.6 Å². The number of halogens is 1. The van der Waals surface area contributed by atoms with Gasteiger partial charge < -0.3 is 14.7 Å². The Morgan fingerprint density at radius 3 is 2.54 bits per heavy atom. The quantitative estimate of drug-likeness (QED) is 0.318. The summed E-state index contributed by atoms with van der Waals surface area (Å²) in [5.41, 5.74) is 1.42. The van der Waals surface area contributed by atoms with Gasteiger partial charge in [0.25, 0.3) is 11.6 Å². The van der Waals surface area contributed by atoms with Crippen LogP contribution in [0.15, 0.2) is 59.1 Å². The number of carbonyl (C=O) groups excluding carboxylic acids is 2. The second-order valence-electron chi connectivity index (χ2n) is 8.53. The monoisotopic (exact) mass is 498 g/mol. The molecule has 0 radical (unpaired) electrons. The van der Waals surface area contributed by atoms with E-state index in [9.17, 15) is 19.7 Å². The lowest BCUT2D eigenvalue weighted by molar-refractivity contribution is -0.384. The molecule has 1 N–H and O–H groups in total. The first-order valence-corrected chi connectivity index (χ1v) is 11.6. The van der Waals surface area contributed by atoms with Crippen molar-refractivity contribution in [3.05, 3.63) is 81.1 Å². The molecule has 1 unspecified atom stereocenters. The molecule has 1 atom stereocenters. The number of benzene rings is 2. The molecule has 0 fully saturated rings. The molecule has 1 heterocycles. The normalized spacial score (nSPS) is 11.8. The smallest absolute Gasteiger partial charge is 0.288 e. The fourth-order valence-electron chi connectivity index (χ4n) is 3.55. The van der Waals surface area contributed by atoms with Crippen LogP contribution in [-0.4, -0.2) is 46.4 Å². The fourth-order valence-corrected chi connectivity index (χ4v) is 3.73. The van der Waals surface area contributed by atoms with Crippen molar-refractivity contribution >= 4 is 29.1 Å². The Morgan fingerprint density at radius 1 is 1.17 bits per heavy atom. The zero-order chi connectivity index (χ0) is 25.5. The molecular formula is C25H27ClN4O5. The van der Waals surface area contributed by atoms with Crippen LogP contribution in [0.25, 0.3) is 11.3 Å². The molecule has 3 rings (SSSR count). The van der Waals surface area contributed by atoms with E-state index >= 15 is 0 Å². The van der Waals surface area contributed by atoms with E-state index in [0.29, 0.717) is 19.4 Å². The van der Waals surface area contributed by atoms with E-state index in [2.05, 4.69) is 10.5 Å². The Bertz CT molecular complexity index is 1200. The van der Waals surface area contributed by atoms with Gasteiger partial charge in [0.05, 0.1) is 4.92 Å².